The molecular formula is CHCl2O5P. The van der Waals surface area contributed by atoms with Crippen LogP contribution in [-0.2, 0) is 12.9 Å². The molecule has 1 atom stereocenters. The smallest absolute Gasteiger partial charge is 0.338 e. The molecule has 54 valence electrons. The summed E-state index contributed by atoms with van der Waals surface area (Å²) >= 11 is 8.79. The average molecular weight is 195 g/mol. The Balaban J connectivity index is 4.16. The van der Waals surface area contributed by atoms with E-state index in [0.29, 0.717) is 0 Å². The molecule has 0 saturated heterocycles. The van der Waals surface area contributed by atoms with Gasteiger partial charge >= 0.3 is 13.3 Å². The zero-order valence-electron chi connectivity index (χ0n) is 3.78. The van der Waals surface area contributed by atoms with Crippen LogP contribution in [-0.4, -0.2) is 10.6 Å². The third kappa shape index (κ3) is 2.51. The molecule has 9 heavy (non-hydrogen) atoms. The van der Waals surface area contributed by atoms with Gasteiger partial charge in [-0.05, 0) is 0 Å². The van der Waals surface area contributed by atoms with Crippen molar-refractivity contribution in [1.29, 1.82) is 0 Å². The molecule has 0 spiro atoms. The van der Waals surface area contributed by atoms with Crippen molar-refractivity contribution >= 4 is 37.0 Å². The number of hydrogen-bond acceptors (Lipinski definition) is 4. The Morgan fingerprint density at radius 1 is 1.56 bits per heavy atom. The highest BCUT2D eigenvalue weighted by Crippen LogP contribution is 2.45. The number of carbonyl (C=O) groups is 1. The first-order valence-electron chi connectivity index (χ1n) is 1.51. The van der Waals surface area contributed by atoms with Gasteiger partial charge < -0.3 is 9.18 Å². The summed E-state index contributed by atoms with van der Waals surface area (Å²) in [4.78, 5) is 18.2. The average Bonchev–Trinajstić information content (AvgIpc) is 1.86. The molecule has 1 N–H and O–H groups in total. The fraction of sp³-hybridized carbons (Fsp3) is 0. The summed E-state index contributed by atoms with van der Waals surface area (Å²) in [5.74, 6) is 0. The lowest BCUT2D eigenvalue weighted by Gasteiger charge is -1.98. The van der Waals surface area contributed by atoms with Crippen molar-refractivity contribution in [1.82, 2.24) is 0 Å². The topological polar surface area (TPSA) is 72.8 Å². The van der Waals surface area contributed by atoms with Crippen LogP contribution in [0.4, 0.5) is 4.79 Å². The zero-order chi connectivity index (χ0) is 7.49. The Labute approximate surface area is 60.3 Å². The lowest BCUT2D eigenvalue weighted by atomic mass is 11.6. The third-order valence-corrected chi connectivity index (χ3v) is 1.94. The molecule has 0 aliphatic heterocycles. The monoisotopic (exact) mass is 194 g/mol. The van der Waals surface area contributed by atoms with Crippen LogP contribution in [0.1, 0.15) is 0 Å². The second-order valence-corrected chi connectivity index (χ2v) is 3.04. The van der Waals surface area contributed by atoms with Crippen molar-refractivity contribution in [3.63, 3.8) is 0 Å². The highest BCUT2D eigenvalue weighted by atomic mass is 35.5. The maximum absolute atomic E-state index is 10.2. The van der Waals surface area contributed by atoms with E-state index in [1.165, 1.54) is 0 Å². The van der Waals surface area contributed by atoms with Crippen LogP contribution in [0.25, 0.3) is 0 Å². The van der Waals surface area contributed by atoms with Gasteiger partial charge in [-0.1, -0.05) is 0 Å². The Morgan fingerprint density at radius 3 is 2.11 bits per heavy atom. The van der Waals surface area contributed by atoms with Gasteiger partial charge in [0.1, 0.15) is 11.9 Å². The van der Waals surface area contributed by atoms with Gasteiger partial charge in [-0.25, -0.2) is 9.36 Å². The summed E-state index contributed by atoms with van der Waals surface area (Å²) in [5.41, 5.74) is -1.61. The molecule has 0 aliphatic carbocycles. The van der Waals surface area contributed by atoms with E-state index in [4.69, 9.17) is 4.89 Å². The van der Waals surface area contributed by atoms with E-state index in [1.54, 1.807) is 0 Å². The van der Waals surface area contributed by atoms with E-state index in [0.717, 1.165) is 0 Å². The lowest BCUT2D eigenvalue weighted by molar-refractivity contribution is 0.219. The second-order valence-electron chi connectivity index (χ2n) is 0.932. The Morgan fingerprint density at radius 2 is 2.00 bits per heavy atom. The molecule has 0 heterocycles. The van der Waals surface area contributed by atoms with Gasteiger partial charge in [0, 0.05) is 0 Å². The van der Waals surface area contributed by atoms with Crippen molar-refractivity contribution in [2.24, 2.45) is 0 Å². The molecule has 1 unspecified atom stereocenters. The second kappa shape index (κ2) is 3.39. The molecule has 5 nitrogen and oxygen atoms in total. The predicted molar refractivity (Wildman–Crippen MR) is 29.1 cm³/mol. The first-order valence-corrected chi connectivity index (χ1v) is 3.70. The number of rotatable bonds is 2. The van der Waals surface area contributed by atoms with Gasteiger partial charge in [-0.2, -0.15) is 4.08 Å². The van der Waals surface area contributed by atoms with Crippen LogP contribution >= 0.6 is 31.3 Å². The maximum atomic E-state index is 10.2. The van der Waals surface area contributed by atoms with Crippen molar-refractivity contribution < 1.29 is 22.6 Å². The van der Waals surface area contributed by atoms with Crippen LogP contribution in [0.3, 0.4) is 0 Å². The molecule has 0 rings (SSSR count). The SMILES string of the molecule is O=C(OCl)P(=O)(O)OCl. The number of carbonyl (C=O) groups excluding carboxylic acids is 1. The Bertz CT molecular complexity index is 155. The van der Waals surface area contributed by atoms with Gasteiger partial charge in [0.05, 0.1) is 11.9 Å². The Kier molecular flexibility index (Phi) is 3.46. The minimum Gasteiger partial charge on any atom is -0.338 e. The van der Waals surface area contributed by atoms with Gasteiger partial charge in [-0.15, -0.1) is 0 Å². The number of halogens is 2. The first-order chi connectivity index (χ1) is 4.04. The van der Waals surface area contributed by atoms with Crippen LogP contribution in [0.2, 0.25) is 0 Å². The molecule has 0 fully saturated rings. The summed E-state index contributed by atoms with van der Waals surface area (Å²) in [7, 11) is -4.49. The van der Waals surface area contributed by atoms with Gasteiger partial charge in [0.2, 0.25) is 0 Å². The van der Waals surface area contributed by atoms with E-state index in [2.05, 4.69) is 32.1 Å². The van der Waals surface area contributed by atoms with E-state index >= 15 is 0 Å². The summed E-state index contributed by atoms with van der Waals surface area (Å²) in [6.45, 7) is 0. The predicted octanol–water partition coefficient (Wildman–Crippen LogP) is 1.63. The van der Waals surface area contributed by atoms with Crippen LogP contribution in [0.5, 0.6) is 0 Å². The lowest BCUT2D eigenvalue weighted by Crippen LogP contribution is -1.94. The van der Waals surface area contributed by atoms with E-state index in [9.17, 15) is 9.36 Å². The highest BCUT2D eigenvalue weighted by Gasteiger charge is 2.33. The van der Waals surface area contributed by atoms with Gasteiger partial charge in [0.15, 0.2) is 0 Å². The van der Waals surface area contributed by atoms with Crippen LogP contribution in [0.15, 0.2) is 0 Å². The van der Waals surface area contributed by atoms with Gasteiger partial charge in [-0.3, -0.25) is 0 Å². The quantitative estimate of drug-likeness (QED) is 0.677. The molecular weight excluding hydrogens is 194 g/mol. The van der Waals surface area contributed by atoms with E-state index in [1.807, 2.05) is 0 Å². The summed E-state index contributed by atoms with van der Waals surface area (Å²) in [6.07, 6.45) is 0. The maximum Gasteiger partial charge on any atom is 0.453 e. The molecule has 0 radical (unpaired) electrons. The molecule has 0 aromatic heterocycles. The summed E-state index contributed by atoms with van der Waals surface area (Å²) in [5, 5.41) is 0. The highest BCUT2D eigenvalue weighted by molar-refractivity contribution is 7.71. The molecule has 0 aromatic carbocycles. The van der Waals surface area contributed by atoms with Crippen molar-refractivity contribution in [3.05, 3.63) is 0 Å². The minimum absolute atomic E-state index is 1.61. The molecule has 0 bridgehead atoms. The van der Waals surface area contributed by atoms with E-state index in [-0.39, 0.29) is 0 Å². The fourth-order valence-corrected chi connectivity index (χ4v) is 0.646. The molecule has 0 amide bonds. The van der Waals surface area contributed by atoms with Crippen molar-refractivity contribution in [3.8, 4) is 0 Å². The Hall–Kier alpha value is 0.200. The summed E-state index contributed by atoms with van der Waals surface area (Å²) in [6, 6.07) is 0. The number of hydrogen-bond donors (Lipinski definition) is 1. The fourth-order valence-electron chi connectivity index (χ4n) is 0.0718. The standard InChI is InChI=1S/CHCl2O5P/c2-7-1(4)9(5,6)8-3/h(H,5,6). The van der Waals surface area contributed by atoms with Crippen molar-refractivity contribution in [2.75, 3.05) is 0 Å². The van der Waals surface area contributed by atoms with E-state index < -0.39 is 13.3 Å². The van der Waals surface area contributed by atoms with Crippen LogP contribution < -0.4 is 0 Å². The molecule has 0 aromatic rings. The van der Waals surface area contributed by atoms with Crippen molar-refractivity contribution in [2.45, 2.75) is 0 Å². The zero-order valence-corrected chi connectivity index (χ0v) is 6.19. The third-order valence-electron chi connectivity index (χ3n) is 0.390. The normalized spacial score (nSPS) is 16.3. The molecule has 0 aliphatic rings. The first kappa shape index (κ1) is 9.20. The molecule has 0 saturated carbocycles. The molecule has 8 heteroatoms. The largest absolute Gasteiger partial charge is 0.453 e. The van der Waals surface area contributed by atoms with Gasteiger partial charge in [0.25, 0.3) is 0 Å². The van der Waals surface area contributed by atoms with Crippen LogP contribution in [0, 0.1) is 0 Å². The minimum atomic E-state index is -4.49. The summed E-state index contributed by atoms with van der Waals surface area (Å²) < 4.78 is 16.8.